The van der Waals surface area contributed by atoms with Gasteiger partial charge in [-0.05, 0) is 0 Å². The molecule has 22 heavy (non-hydrogen) atoms. The molecular weight excluding hydrogens is 326 g/mol. The Morgan fingerprint density at radius 1 is 1.09 bits per heavy atom. The molecule has 1 aliphatic heterocycles. The molecule has 1 aliphatic rings. The highest BCUT2D eigenvalue weighted by Gasteiger charge is 2.44. The zero-order chi connectivity index (χ0) is 17.1. The minimum atomic E-state index is -5.17. The Balaban J connectivity index is 2.40. The molecule has 0 saturated carbocycles. The van der Waals surface area contributed by atoms with Crippen LogP contribution in [0.25, 0.3) is 0 Å². The van der Waals surface area contributed by atoms with Crippen molar-refractivity contribution in [2.75, 3.05) is 6.54 Å². The van der Waals surface area contributed by atoms with E-state index in [0.717, 1.165) is 0 Å². The van der Waals surface area contributed by atoms with Crippen molar-refractivity contribution < 1.29 is 45.5 Å². The van der Waals surface area contributed by atoms with Crippen LogP contribution < -0.4 is 10.6 Å². The summed E-state index contributed by atoms with van der Waals surface area (Å²) in [6, 6.07) is -1.53. The quantitative estimate of drug-likeness (QED) is 0.576. The van der Waals surface area contributed by atoms with Gasteiger partial charge >= 0.3 is 30.1 Å². The number of cyclic esters (lactones) is 1. The van der Waals surface area contributed by atoms with Gasteiger partial charge in [-0.3, -0.25) is 9.59 Å². The van der Waals surface area contributed by atoms with Crippen LogP contribution in [0.5, 0.6) is 0 Å². The first-order chi connectivity index (χ1) is 9.91. The van der Waals surface area contributed by atoms with Crippen molar-refractivity contribution >= 4 is 17.8 Å². The number of alkyl halides is 6. The Bertz CT molecular complexity index is 461. The molecule has 2 atom stereocenters. The molecular formula is C10H10F6N2O4. The van der Waals surface area contributed by atoms with Gasteiger partial charge in [0.1, 0.15) is 12.1 Å². The summed E-state index contributed by atoms with van der Waals surface area (Å²) < 4.78 is 76.3. The Labute approximate surface area is 119 Å². The molecule has 0 aliphatic carbocycles. The minimum absolute atomic E-state index is 0.230. The molecule has 2 amide bonds. The number of carbonyl (C=O) groups is 3. The summed E-state index contributed by atoms with van der Waals surface area (Å²) in [4.78, 5) is 32.4. The molecule has 0 aromatic carbocycles. The molecule has 0 radical (unpaired) electrons. The summed E-state index contributed by atoms with van der Waals surface area (Å²) in [7, 11) is 0. The van der Waals surface area contributed by atoms with Crippen LogP contribution in [0, 0.1) is 0 Å². The lowest BCUT2D eigenvalue weighted by Gasteiger charge is -2.11. The average Bonchev–Trinajstić information content (AvgIpc) is 2.67. The minimum Gasteiger partial charge on any atom is -0.461 e. The molecule has 1 fully saturated rings. The Kier molecular flexibility index (Phi) is 5.25. The van der Waals surface area contributed by atoms with Crippen LogP contribution in [0.3, 0.4) is 0 Å². The van der Waals surface area contributed by atoms with Gasteiger partial charge in [0.15, 0.2) is 0 Å². The van der Waals surface area contributed by atoms with E-state index in [2.05, 4.69) is 4.74 Å². The number of nitrogens with one attached hydrogen (secondary N) is 2. The number of esters is 1. The maximum absolute atomic E-state index is 12.0. The van der Waals surface area contributed by atoms with Crippen LogP contribution in [0.2, 0.25) is 0 Å². The van der Waals surface area contributed by atoms with Crippen molar-refractivity contribution in [2.45, 2.75) is 37.3 Å². The van der Waals surface area contributed by atoms with Crippen LogP contribution >= 0.6 is 0 Å². The largest absolute Gasteiger partial charge is 0.471 e. The van der Waals surface area contributed by atoms with Gasteiger partial charge in [0.25, 0.3) is 0 Å². The molecule has 126 valence electrons. The first kappa shape index (κ1) is 18.0. The lowest BCUT2D eigenvalue weighted by atomic mass is 10.1. The van der Waals surface area contributed by atoms with E-state index in [9.17, 15) is 40.7 Å². The molecule has 6 nitrogen and oxygen atoms in total. The van der Waals surface area contributed by atoms with Crippen LogP contribution in [0.15, 0.2) is 0 Å². The number of amides is 2. The number of hydrogen-bond acceptors (Lipinski definition) is 4. The van der Waals surface area contributed by atoms with Crippen molar-refractivity contribution in [3.8, 4) is 0 Å². The third kappa shape index (κ3) is 5.07. The van der Waals surface area contributed by atoms with Gasteiger partial charge in [-0.25, -0.2) is 4.79 Å². The van der Waals surface area contributed by atoms with Gasteiger partial charge in [-0.1, -0.05) is 0 Å². The predicted molar refractivity (Wildman–Crippen MR) is 56.2 cm³/mol. The molecule has 0 spiro atoms. The Hall–Kier alpha value is -2.01. The highest BCUT2D eigenvalue weighted by molar-refractivity contribution is 5.88. The van der Waals surface area contributed by atoms with E-state index in [-0.39, 0.29) is 12.8 Å². The zero-order valence-electron chi connectivity index (χ0n) is 10.7. The molecule has 0 bridgehead atoms. The zero-order valence-corrected chi connectivity index (χ0v) is 10.7. The van der Waals surface area contributed by atoms with Gasteiger partial charge in [-0.15, -0.1) is 0 Å². The van der Waals surface area contributed by atoms with Crippen LogP contribution in [-0.2, 0) is 19.1 Å². The van der Waals surface area contributed by atoms with E-state index in [1.165, 1.54) is 10.6 Å². The molecule has 0 aromatic heterocycles. The lowest BCUT2D eigenvalue weighted by Crippen LogP contribution is -2.45. The number of ether oxygens (including phenoxy) is 1. The first-order valence-corrected chi connectivity index (χ1v) is 5.84. The van der Waals surface area contributed by atoms with Crippen molar-refractivity contribution in [3.63, 3.8) is 0 Å². The van der Waals surface area contributed by atoms with Crippen LogP contribution in [0.1, 0.15) is 12.8 Å². The Morgan fingerprint density at radius 3 is 2.14 bits per heavy atom. The molecule has 12 heteroatoms. The fourth-order valence-electron chi connectivity index (χ4n) is 1.64. The SMILES string of the molecule is O=C1OC(CCNC(=O)C(F)(F)F)CC1NC(=O)C(F)(F)F. The maximum Gasteiger partial charge on any atom is 0.471 e. The normalized spacial score (nSPS) is 22.2. The standard InChI is InChI=1S/C10H10F6N2O4/c11-9(12,13)7(20)17-2-1-4-3-5(6(19)22-4)18-8(21)10(14,15)16/h4-5H,1-3H2,(H,17,20)(H,18,21). The van der Waals surface area contributed by atoms with Crippen molar-refractivity contribution in [2.24, 2.45) is 0 Å². The fourth-order valence-corrected chi connectivity index (χ4v) is 1.64. The second-order valence-corrected chi connectivity index (χ2v) is 4.36. The van der Waals surface area contributed by atoms with Crippen molar-refractivity contribution in [1.29, 1.82) is 0 Å². The van der Waals surface area contributed by atoms with Gasteiger partial charge in [0, 0.05) is 19.4 Å². The lowest BCUT2D eigenvalue weighted by molar-refractivity contribution is -0.175. The number of carbonyl (C=O) groups excluding carboxylic acids is 3. The van der Waals surface area contributed by atoms with E-state index in [4.69, 9.17) is 0 Å². The maximum atomic E-state index is 12.0. The van der Waals surface area contributed by atoms with Crippen molar-refractivity contribution in [3.05, 3.63) is 0 Å². The van der Waals surface area contributed by atoms with Crippen LogP contribution in [-0.4, -0.2) is 48.8 Å². The van der Waals surface area contributed by atoms with E-state index >= 15 is 0 Å². The van der Waals surface area contributed by atoms with Crippen molar-refractivity contribution in [1.82, 2.24) is 10.6 Å². The number of halogens is 6. The molecule has 2 N–H and O–H groups in total. The highest BCUT2D eigenvalue weighted by atomic mass is 19.4. The smallest absolute Gasteiger partial charge is 0.461 e. The van der Waals surface area contributed by atoms with Gasteiger partial charge in [0.05, 0.1) is 0 Å². The summed E-state index contributed by atoms with van der Waals surface area (Å²) in [6.45, 7) is -0.490. The van der Waals surface area contributed by atoms with E-state index < -0.39 is 48.8 Å². The second kappa shape index (κ2) is 6.40. The molecule has 1 rings (SSSR count). The predicted octanol–water partition coefficient (Wildman–Crippen LogP) is 0.418. The van der Waals surface area contributed by atoms with E-state index in [0.29, 0.717) is 0 Å². The summed E-state index contributed by atoms with van der Waals surface area (Å²) in [5.41, 5.74) is 0. The van der Waals surface area contributed by atoms with Gasteiger partial charge in [-0.2, -0.15) is 26.3 Å². The summed E-state index contributed by atoms with van der Waals surface area (Å²) >= 11 is 0. The molecule has 2 unspecified atom stereocenters. The van der Waals surface area contributed by atoms with Gasteiger partial charge < -0.3 is 15.4 Å². The highest BCUT2D eigenvalue weighted by Crippen LogP contribution is 2.21. The number of hydrogen-bond donors (Lipinski definition) is 2. The summed E-state index contributed by atoms with van der Waals surface area (Å²) in [5.74, 6) is -5.62. The topological polar surface area (TPSA) is 84.5 Å². The molecule has 1 heterocycles. The second-order valence-electron chi connectivity index (χ2n) is 4.36. The van der Waals surface area contributed by atoms with Crippen LogP contribution in [0.4, 0.5) is 26.3 Å². The molecule has 1 saturated heterocycles. The number of rotatable bonds is 4. The van der Waals surface area contributed by atoms with E-state index in [1.54, 1.807) is 0 Å². The molecule has 0 aromatic rings. The first-order valence-electron chi connectivity index (χ1n) is 5.84. The third-order valence-corrected chi connectivity index (χ3v) is 2.64. The van der Waals surface area contributed by atoms with E-state index in [1.807, 2.05) is 0 Å². The fraction of sp³-hybridized carbons (Fsp3) is 0.700. The monoisotopic (exact) mass is 336 g/mol. The summed E-state index contributed by atoms with van der Waals surface area (Å²) in [6.07, 6.45) is -11.8. The van der Waals surface area contributed by atoms with Gasteiger partial charge in [0.2, 0.25) is 0 Å². The third-order valence-electron chi connectivity index (χ3n) is 2.64. The average molecular weight is 336 g/mol. The summed E-state index contributed by atoms with van der Waals surface area (Å²) in [5, 5.41) is 2.94. The Morgan fingerprint density at radius 2 is 1.64 bits per heavy atom.